The van der Waals surface area contributed by atoms with Crippen molar-refractivity contribution in [3.8, 4) is 0 Å². The number of benzene rings is 1. The number of rotatable bonds is 3. The molecule has 2 aromatic rings. The van der Waals surface area contributed by atoms with Crippen LogP contribution in [0.4, 0.5) is 0 Å². The average Bonchev–Trinajstić information content (AvgIpc) is 2.98. The van der Waals surface area contributed by atoms with Crippen LogP contribution in [0.1, 0.15) is 20.7 Å². The van der Waals surface area contributed by atoms with Crippen LogP contribution in [0.25, 0.3) is 0 Å². The van der Waals surface area contributed by atoms with Gasteiger partial charge < -0.3 is 0 Å². The first-order chi connectivity index (χ1) is 8.77. The largest absolute Gasteiger partial charge is 0.272 e. The number of aromatic nitrogens is 4. The highest BCUT2D eigenvalue weighted by Crippen LogP contribution is 2.21. The molecule has 0 aliphatic carbocycles. The second kappa shape index (κ2) is 4.02. The zero-order valence-corrected chi connectivity index (χ0v) is 9.35. The third-order valence-corrected chi connectivity index (χ3v) is 2.79. The Kier molecular flexibility index (Phi) is 2.36. The minimum atomic E-state index is -0.268. The molecule has 0 unspecified atom stereocenters. The van der Waals surface area contributed by atoms with E-state index in [2.05, 4.69) is 15.4 Å². The van der Waals surface area contributed by atoms with E-state index in [-0.39, 0.29) is 18.4 Å². The number of tetrazole rings is 1. The summed E-state index contributed by atoms with van der Waals surface area (Å²) in [4.78, 5) is 26.6. The van der Waals surface area contributed by atoms with Gasteiger partial charge in [0, 0.05) is 0 Å². The Balaban J connectivity index is 1.80. The topological polar surface area (TPSA) is 81.0 Å². The highest BCUT2D eigenvalue weighted by atomic mass is 16.2. The van der Waals surface area contributed by atoms with Crippen molar-refractivity contribution < 1.29 is 9.59 Å². The summed E-state index contributed by atoms with van der Waals surface area (Å²) in [6.07, 6.45) is 1.31. The maximum atomic E-state index is 12.0. The maximum absolute atomic E-state index is 12.0. The minimum Gasteiger partial charge on any atom is -0.272 e. The van der Waals surface area contributed by atoms with E-state index in [4.69, 9.17) is 0 Å². The lowest BCUT2D eigenvalue weighted by Gasteiger charge is -2.12. The van der Waals surface area contributed by atoms with Crippen molar-refractivity contribution in [2.75, 3.05) is 6.54 Å². The summed E-state index contributed by atoms with van der Waals surface area (Å²) in [5, 5.41) is 11.1. The van der Waals surface area contributed by atoms with Crippen LogP contribution in [0.2, 0.25) is 0 Å². The van der Waals surface area contributed by atoms with Crippen molar-refractivity contribution in [3.63, 3.8) is 0 Å². The Morgan fingerprint density at radius 3 is 2.22 bits per heavy atom. The normalized spacial score (nSPS) is 14.1. The van der Waals surface area contributed by atoms with Gasteiger partial charge in [-0.1, -0.05) is 12.1 Å². The smallest absolute Gasteiger partial charge is 0.261 e. The fraction of sp³-hybridized carbons (Fsp3) is 0.182. The van der Waals surface area contributed by atoms with Crippen molar-refractivity contribution in [3.05, 3.63) is 41.7 Å². The molecule has 2 amide bonds. The summed E-state index contributed by atoms with van der Waals surface area (Å²) in [6, 6.07) is 6.80. The Hall–Kier alpha value is -2.57. The molecule has 18 heavy (non-hydrogen) atoms. The van der Waals surface area contributed by atoms with E-state index in [9.17, 15) is 9.59 Å². The molecule has 1 aromatic carbocycles. The van der Waals surface area contributed by atoms with Gasteiger partial charge in [0.25, 0.3) is 11.8 Å². The molecule has 2 heterocycles. The van der Waals surface area contributed by atoms with E-state index in [0.717, 1.165) is 0 Å². The first kappa shape index (κ1) is 10.6. The zero-order valence-electron chi connectivity index (χ0n) is 9.35. The van der Waals surface area contributed by atoms with Gasteiger partial charge in [-0.25, -0.2) is 0 Å². The number of hydrogen-bond donors (Lipinski definition) is 0. The molecule has 0 spiro atoms. The fourth-order valence-electron chi connectivity index (χ4n) is 1.92. The number of amides is 2. The average molecular weight is 243 g/mol. The Morgan fingerprint density at radius 2 is 1.67 bits per heavy atom. The molecule has 1 aliphatic heterocycles. The van der Waals surface area contributed by atoms with Crippen LogP contribution in [0.3, 0.4) is 0 Å². The summed E-state index contributed by atoms with van der Waals surface area (Å²) in [7, 11) is 0. The lowest BCUT2D eigenvalue weighted by atomic mass is 10.1. The van der Waals surface area contributed by atoms with E-state index >= 15 is 0 Å². The fourth-order valence-corrected chi connectivity index (χ4v) is 1.92. The van der Waals surface area contributed by atoms with E-state index in [1.807, 2.05) is 0 Å². The summed E-state index contributed by atoms with van der Waals surface area (Å²) < 4.78 is 0. The lowest BCUT2D eigenvalue weighted by molar-refractivity contribution is 0.0645. The van der Waals surface area contributed by atoms with Gasteiger partial charge in [-0.05, 0) is 17.3 Å². The van der Waals surface area contributed by atoms with Gasteiger partial charge in [0.05, 0.1) is 24.2 Å². The van der Waals surface area contributed by atoms with Gasteiger partial charge in [-0.15, -0.1) is 10.2 Å². The van der Waals surface area contributed by atoms with Crippen LogP contribution in [0.15, 0.2) is 30.6 Å². The van der Waals surface area contributed by atoms with Crippen LogP contribution in [-0.2, 0) is 6.54 Å². The standard InChI is InChI=1S/C11H9N5O2/c17-10-8-3-1-2-4-9(8)11(18)15(10)5-6-16-13-7-12-14-16/h1-4,7H,5-6H2. The molecule has 0 atom stereocenters. The number of hydrogen-bond acceptors (Lipinski definition) is 5. The monoisotopic (exact) mass is 243 g/mol. The zero-order chi connectivity index (χ0) is 12.5. The van der Waals surface area contributed by atoms with E-state index in [0.29, 0.717) is 17.7 Å². The SMILES string of the molecule is O=C1c2ccccc2C(=O)N1CCn1ncnn1. The molecular weight excluding hydrogens is 234 g/mol. The van der Waals surface area contributed by atoms with Crippen LogP contribution < -0.4 is 0 Å². The molecule has 0 saturated heterocycles. The predicted molar refractivity (Wildman–Crippen MR) is 59.6 cm³/mol. The molecule has 0 radical (unpaired) electrons. The molecule has 1 aromatic heterocycles. The van der Waals surface area contributed by atoms with Gasteiger partial charge in [0.15, 0.2) is 6.33 Å². The minimum absolute atomic E-state index is 0.239. The molecule has 7 heteroatoms. The van der Waals surface area contributed by atoms with Crippen LogP contribution in [0, 0.1) is 0 Å². The lowest BCUT2D eigenvalue weighted by Crippen LogP contribution is -2.33. The molecule has 0 bridgehead atoms. The number of carbonyl (C=O) groups is 2. The maximum Gasteiger partial charge on any atom is 0.261 e. The van der Waals surface area contributed by atoms with E-state index < -0.39 is 0 Å². The molecule has 0 saturated carbocycles. The van der Waals surface area contributed by atoms with Crippen molar-refractivity contribution in [1.82, 2.24) is 25.1 Å². The highest BCUT2D eigenvalue weighted by Gasteiger charge is 2.34. The number of nitrogens with zero attached hydrogens (tertiary/aromatic N) is 5. The van der Waals surface area contributed by atoms with Crippen molar-refractivity contribution in [2.45, 2.75) is 6.54 Å². The Bertz CT molecular complexity index is 573. The van der Waals surface area contributed by atoms with Crippen LogP contribution >= 0.6 is 0 Å². The van der Waals surface area contributed by atoms with E-state index in [1.165, 1.54) is 16.0 Å². The molecule has 3 rings (SSSR count). The molecular formula is C11H9N5O2. The highest BCUT2D eigenvalue weighted by molar-refractivity contribution is 6.21. The summed E-state index contributed by atoms with van der Waals surface area (Å²) in [5.74, 6) is -0.536. The first-order valence-corrected chi connectivity index (χ1v) is 5.43. The molecule has 1 aliphatic rings. The summed E-state index contributed by atoms with van der Waals surface area (Å²) in [5.41, 5.74) is 0.906. The van der Waals surface area contributed by atoms with Gasteiger partial charge in [-0.2, -0.15) is 4.80 Å². The third kappa shape index (κ3) is 1.56. The van der Waals surface area contributed by atoms with Gasteiger partial charge >= 0.3 is 0 Å². The van der Waals surface area contributed by atoms with E-state index in [1.54, 1.807) is 24.3 Å². The van der Waals surface area contributed by atoms with Crippen LogP contribution in [-0.4, -0.2) is 43.5 Å². The number of carbonyl (C=O) groups excluding carboxylic acids is 2. The Labute approximate surface area is 102 Å². The first-order valence-electron chi connectivity index (χ1n) is 5.43. The quantitative estimate of drug-likeness (QED) is 0.707. The molecule has 0 N–H and O–H groups in total. The van der Waals surface area contributed by atoms with Crippen molar-refractivity contribution in [2.24, 2.45) is 0 Å². The molecule has 90 valence electrons. The third-order valence-electron chi connectivity index (χ3n) is 2.79. The Morgan fingerprint density at radius 1 is 1.00 bits per heavy atom. The van der Waals surface area contributed by atoms with Crippen LogP contribution in [0.5, 0.6) is 0 Å². The van der Waals surface area contributed by atoms with Gasteiger partial charge in [0.2, 0.25) is 0 Å². The number of imide groups is 1. The van der Waals surface area contributed by atoms with Gasteiger partial charge in [-0.3, -0.25) is 14.5 Å². The second-order valence-electron chi connectivity index (χ2n) is 3.84. The molecule has 7 nitrogen and oxygen atoms in total. The molecule has 0 fully saturated rings. The predicted octanol–water partition coefficient (Wildman–Crippen LogP) is -0.0307. The van der Waals surface area contributed by atoms with Crippen molar-refractivity contribution in [1.29, 1.82) is 0 Å². The summed E-state index contributed by atoms with van der Waals surface area (Å²) >= 11 is 0. The second-order valence-corrected chi connectivity index (χ2v) is 3.84. The number of fused-ring (bicyclic) bond motifs is 1. The van der Waals surface area contributed by atoms with Gasteiger partial charge in [0.1, 0.15) is 0 Å². The van der Waals surface area contributed by atoms with Crippen molar-refractivity contribution >= 4 is 11.8 Å². The summed E-state index contributed by atoms with van der Waals surface area (Å²) in [6.45, 7) is 0.578.